The van der Waals surface area contributed by atoms with Gasteiger partial charge in [-0.25, -0.2) is 4.79 Å². The summed E-state index contributed by atoms with van der Waals surface area (Å²) in [5.74, 6) is -0.933. The molecule has 0 aliphatic carbocycles. The van der Waals surface area contributed by atoms with Crippen LogP contribution in [0.1, 0.15) is 21.5 Å². The molecule has 1 heterocycles. The second-order valence-electron chi connectivity index (χ2n) is 4.03. The van der Waals surface area contributed by atoms with E-state index in [0.717, 1.165) is 5.56 Å². The van der Waals surface area contributed by atoms with Gasteiger partial charge in [-0.1, -0.05) is 12.1 Å². The minimum Gasteiger partial charge on any atom is -0.478 e. The number of carbonyl (C=O) groups is 1. The van der Waals surface area contributed by atoms with Gasteiger partial charge in [0.25, 0.3) is 0 Å². The van der Waals surface area contributed by atoms with Gasteiger partial charge in [0.1, 0.15) is 0 Å². The number of carboxylic acids is 1. The summed E-state index contributed by atoms with van der Waals surface area (Å²) in [6, 6.07) is 9.07. The fourth-order valence-electron chi connectivity index (χ4n) is 1.62. The summed E-state index contributed by atoms with van der Waals surface area (Å²) in [5, 5.41) is 8.93. The largest absolute Gasteiger partial charge is 0.478 e. The highest BCUT2D eigenvalue weighted by molar-refractivity contribution is 5.88. The van der Waals surface area contributed by atoms with Crippen LogP contribution in [-0.4, -0.2) is 16.1 Å². The van der Waals surface area contributed by atoms with E-state index in [1.807, 2.05) is 32.0 Å². The molecule has 0 spiro atoms. The Balaban J connectivity index is 2.49. The van der Waals surface area contributed by atoms with Crippen LogP contribution in [-0.2, 0) is 0 Å². The van der Waals surface area contributed by atoms with Gasteiger partial charge in [0, 0.05) is 11.8 Å². The van der Waals surface area contributed by atoms with Crippen molar-refractivity contribution in [3.8, 4) is 11.3 Å². The van der Waals surface area contributed by atoms with Gasteiger partial charge >= 0.3 is 5.97 Å². The highest BCUT2D eigenvalue weighted by Gasteiger charge is 2.06. The summed E-state index contributed by atoms with van der Waals surface area (Å²) < 4.78 is 0. The lowest BCUT2D eigenvalue weighted by molar-refractivity contribution is 0.0697. The topological polar surface area (TPSA) is 50.2 Å². The number of aryl methyl sites for hydroxylation is 2. The number of aromatic carboxylic acids is 1. The molecule has 1 N–H and O–H groups in total. The zero-order valence-corrected chi connectivity index (χ0v) is 9.77. The standard InChI is InChI=1S/C14H13NO2/c1-9-3-4-11(7-10(9)2)13-8-12(14(16)17)5-6-15-13/h3-8H,1-2H3,(H,16,17). The molecule has 0 saturated carbocycles. The van der Waals surface area contributed by atoms with Crippen LogP contribution in [0, 0.1) is 13.8 Å². The van der Waals surface area contributed by atoms with E-state index in [1.54, 1.807) is 6.07 Å². The molecule has 0 atom stereocenters. The van der Waals surface area contributed by atoms with Crippen molar-refractivity contribution < 1.29 is 9.90 Å². The Labute approximate surface area is 99.8 Å². The Hall–Kier alpha value is -2.16. The Morgan fingerprint density at radius 1 is 1.12 bits per heavy atom. The summed E-state index contributed by atoms with van der Waals surface area (Å²) in [5.41, 5.74) is 4.27. The fraction of sp³-hybridized carbons (Fsp3) is 0.143. The van der Waals surface area contributed by atoms with E-state index in [2.05, 4.69) is 4.98 Å². The molecule has 0 saturated heterocycles. The minimum absolute atomic E-state index is 0.258. The van der Waals surface area contributed by atoms with Gasteiger partial charge in [0.15, 0.2) is 0 Å². The molecule has 0 radical (unpaired) electrons. The lowest BCUT2D eigenvalue weighted by Gasteiger charge is -2.05. The average Bonchev–Trinajstić information content (AvgIpc) is 2.33. The van der Waals surface area contributed by atoms with E-state index >= 15 is 0 Å². The normalized spacial score (nSPS) is 10.2. The van der Waals surface area contributed by atoms with Gasteiger partial charge in [-0.2, -0.15) is 0 Å². The zero-order chi connectivity index (χ0) is 12.4. The third kappa shape index (κ3) is 2.33. The molecule has 0 unspecified atom stereocenters. The number of pyridine rings is 1. The lowest BCUT2D eigenvalue weighted by atomic mass is 10.0. The van der Waals surface area contributed by atoms with Crippen molar-refractivity contribution in [3.05, 3.63) is 53.2 Å². The molecule has 2 aromatic rings. The highest BCUT2D eigenvalue weighted by Crippen LogP contribution is 2.20. The van der Waals surface area contributed by atoms with Crippen molar-refractivity contribution in [1.29, 1.82) is 0 Å². The molecule has 0 amide bonds. The maximum atomic E-state index is 10.9. The molecular formula is C14H13NO2. The smallest absolute Gasteiger partial charge is 0.335 e. The van der Waals surface area contributed by atoms with Crippen LogP contribution in [0.25, 0.3) is 11.3 Å². The van der Waals surface area contributed by atoms with Crippen molar-refractivity contribution in [3.63, 3.8) is 0 Å². The summed E-state index contributed by atoms with van der Waals surface area (Å²) in [6.45, 7) is 4.07. The zero-order valence-electron chi connectivity index (χ0n) is 9.77. The van der Waals surface area contributed by atoms with Crippen LogP contribution in [0.3, 0.4) is 0 Å². The van der Waals surface area contributed by atoms with E-state index in [9.17, 15) is 4.79 Å². The van der Waals surface area contributed by atoms with Crippen molar-refractivity contribution >= 4 is 5.97 Å². The molecule has 0 fully saturated rings. The quantitative estimate of drug-likeness (QED) is 0.857. The second-order valence-corrected chi connectivity index (χ2v) is 4.03. The summed E-state index contributed by atoms with van der Waals surface area (Å²) >= 11 is 0. The molecule has 0 aliphatic heterocycles. The van der Waals surface area contributed by atoms with Crippen molar-refractivity contribution in [2.45, 2.75) is 13.8 Å². The molecule has 17 heavy (non-hydrogen) atoms. The molecule has 0 bridgehead atoms. The molecule has 86 valence electrons. The maximum absolute atomic E-state index is 10.9. The average molecular weight is 227 g/mol. The van der Waals surface area contributed by atoms with Crippen LogP contribution < -0.4 is 0 Å². The Kier molecular flexibility index (Phi) is 2.91. The van der Waals surface area contributed by atoms with Gasteiger partial charge in [-0.15, -0.1) is 0 Å². The van der Waals surface area contributed by atoms with E-state index in [0.29, 0.717) is 5.69 Å². The molecule has 3 heteroatoms. The molecular weight excluding hydrogens is 214 g/mol. The molecule has 1 aromatic heterocycles. The molecule has 3 nitrogen and oxygen atoms in total. The number of carboxylic acid groups (broad SMARTS) is 1. The van der Waals surface area contributed by atoms with E-state index in [4.69, 9.17) is 5.11 Å². The summed E-state index contributed by atoms with van der Waals surface area (Å²) in [4.78, 5) is 15.1. The van der Waals surface area contributed by atoms with E-state index < -0.39 is 5.97 Å². The predicted molar refractivity (Wildman–Crippen MR) is 66.1 cm³/mol. The van der Waals surface area contributed by atoms with Gasteiger partial charge in [-0.05, 0) is 43.2 Å². The number of hydrogen-bond acceptors (Lipinski definition) is 2. The predicted octanol–water partition coefficient (Wildman–Crippen LogP) is 3.06. The monoisotopic (exact) mass is 227 g/mol. The fourth-order valence-corrected chi connectivity index (χ4v) is 1.62. The van der Waals surface area contributed by atoms with Gasteiger partial charge < -0.3 is 5.11 Å². The molecule has 2 rings (SSSR count). The van der Waals surface area contributed by atoms with Crippen LogP contribution in [0.15, 0.2) is 36.5 Å². The van der Waals surface area contributed by atoms with Gasteiger partial charge in [0.2, 0.25) is 0 Å². The molecule has 1 aromatic carbocycles. The highest BCUT2D eigenvalue weighted by atomic mass is 16.4. The van der Waals surface area contributed by atoms with Crippen molar-refractivity contribution in [2.24, 2.45) is 0 Å². The Bertz CT molecular complexity index is 576. The van der Waals surface area contributed by atoms with Crippen molar-refractivity contribution in [2.75, 3.05) is 0 Å². The van der Waals surface area contributed by atoms with Crippen LogP contribution in [0.2, 0.25) is 0 Å². The first-order valence-corrected chi connectivity index (χ1v) is 5.35. The lowest BCUT2D eigenvalue weighted by Crippen LogP contribution is -1.97. The van der Waals surface area contributed by atoms with Gasteiger partial charge in [0.05, 0.1) is 11.3 Å². The Morgan fingerprint density at radius 2 is 1.88 bits per heavy atom. The van der Waals surface area contributed by atoms with E-state index in [-0.39, 0.29) is 5.56 Å². The second kappa shape index (κ2) is 4.37. The van der Waals surface area contributed by atoms with Crippen LogP contribution in [0.5, 0.6) is 0 Å². The number of benzene rings is 1. The first-order valence-electron chi connectivity index (χ1n) is 5.35. The van der Waals surface area contributed by atoms with Crippen LogP contribution >= 0.6 is 0 Å². The number of hydrogen-bond donors (Lipinski definition) is 1. The summed E-state index contributed by atoms with van der Waals surface area (Å²) in [6.07, 6.45) is 1.52. The Morgan fingerprint density at radius 3 is 2.53 bits per heavy atom. The summed E-state index contributed by atoms with van der Waals surface area (Å²) in [7, 11) is 0. The van der Waals surface area contributed by atoms with Crippen LogP contribution in [0.4, 0.5) is 0 Å². The maximum Gasteiger partial charge on any atom is 0.335 e. The number of nitrogens with zero attached hydrogens (tertiary/aromatic N) is 1. The number of aromatic nitrogens is 1. The minimum atomic E-state index is -0.933. The van der Waals surface area contributed by atoms with Gasteiger partial charge in [-0.3, -0.25) is 4.98 Å². The number of rotatable bonds is 2. The molecule has 0 aliphatic rings. The van der Waals surface area contributed by atoms with Crippen molar-refractivity contribution in [1.82, 2.24) is 4.98 Å². The first-order chi connectivity index (χ1) is 8.08. The third-order valence-electron chi connectivity index (χ3n) is 2.81. The first kappa shape index (κ1) is 11.3. The SMILES string of the molecule is Cc1ccc(-c2cc(C(=O)O)ccn2)cc1C. The third-order valence-corrected chi connectivity index (χ3v) is 2.81. The van der Waals surface area contributed by atoms with E-state index in [1.165, 1.54) is 23.4 Å².